The van der Waals surface area contributed by atoms with Crippen LogP contribution in [-0.2, 0) is 14.4 Å². The number of carbonyl (C=O) groups is 3. The summed E-state index contributed by atoms with van der Waals surface area (Å²) >= 11 is 0. The average Bonchev–Trinajstić information content (AvgIpc) is 2.14. The van der Waals surface area contributed by atoms with Gasteiger partial charge in [-0.3, -0.25) is 19.3 Å². The standard InChI is InChI=1S/C11H15NO4/c13-9-6-8(11(15)16)4-5-12(9)10(14)7-2-1-3-7/h7-8H,1-6H2,(H,15,16). The molecule has 0 aromatic heterocycles. The fourth-order valence-corrected chi connectivity index (χ4v) is 2.15. The molecular formula is C11H15NO4. The van der Waals surface area contributed by atoms with Gasteiger partial charge in [0.05, 0.1) is 5.92 Å². The van der Waals surface area contributed by atoms with Crippen molar-refractivity contribution in [3.8, 4) is 0 Å². The summed E-state index contributed by atoms with van der Waals surface area (Å²) in [6.45, 7) is 0.269. The molecule has 16 heavy (non-hydrogen) atoms. The molecule has 2 amide bonds. The summed E-state index contributed by atoms with van der Waals surface area (Å²) in [5.41, 5.74) is 0. The lowest BCUT2D eigenvalue weighted by molar-refractivity contribution is -0.157. The van der Waals surface area contributed by atoms with Crippen LogP contribution in [0.15, 0.2) is 0 Å². The van der Waals surface area contributed by atoms with E-state index in [0.29, 0.717) is 6.42 Å². The molecule has 1 N–H and O–H groups in total. The van der Waals surface area contributed by atoms with E-state index in [-0.39, 0.29) is 30.7 Å². The normalized spacial score (nSPS) is 26.4. The van der Waals surface area contributed by atoms with Crippen LogP contribution in [0.4, 0.5) is 0 Å². The van der Waals surface area contributed by atoms with Gasteiger partial charge in [0.2, 0.25) is 11.8 Å². The van der Waals surface area contributed by atoms with Crippen LogP contribution in [0.2, 0.25) is 0 Å². The van der Waals surface area contributed by atoms with Crippen LogP contribution >= 0.6 is 0 Å². The van der Waals surface area contributed by atoms with E-state index >= 15 is 0 Å². The van der Waals surface area contributed by atoms with Crippen LogP contribution in [0, 0.1) is 11.8 Å². The molecule has 0 bridgehead atoms. The van der Waals surface area contributed by atoms with E-state index in [0.717, 1.165) is 19.3 Å². The molecule has 1 heterocycles. The highest BCUT2D eigenvalue weighted by molar-refractivity contribution is 5.98. The van der Waals surface area contributed by atoms with Gasteiger partial charge < -0.3 is 5.11 Å². The van der Waals surface area contributed by atoms with Gasteiger partial charge in [-0.25, -0.2) is 0 Å². The van der Waals surface area contributed by atoms with E-state index in [9.17, 15) is 14.4 Å². The maximum atomic E-state index is 11.8. The minimum atomic E-state index is -0.941. The number of aliphatic carboxylic acids is 1. The molecule has 0 radical (unpaired) electrons. The van der Waals surface area contributed by atoms with Gasteiger partial charge in [0.15, 0.2) is 0 Å². The molecule has 1 aliphatic carbocycles. The molecule has 2 rings (SSSR count). The molecule has 2 fully saturated rings. The Balaban J connectivity index is 1.95. The third-order valence-corrected chi connectivity index (χ3v) is 3.49. The molecule has 5 heteroatoms. The first-order valence-electron chi connectivity index (χ1n) is 5.66. The third kappa shape index (κ3) is 1.94. The first-order chi connectivity index (χ1) is 7.59. The maximum Gasteiger partial charge on any atom is 0.307 e. The predicted octanol–water partition coefficient (Wildman–Crippen LogP) is 0.636. The summed E-state index contributed by atoms with van der Waals surface area (Å²) in [6, 6.07) is 0. The number of amides is 2. The zero-order chi connectivity index (χ0) is 11.7. The maximum absolute atomic E-state index is 11.8. The molecule has 1 atom stereocenters. The van der Waals surface area contributed by atoms with E-state index in [1.54, 1.807) is 0 Å². The Bertz CT molecular complexity index is 335. The molecule has 88 valence electrons. The molecule has 5 nitrogen and oxygen atoms in total. The molecule has 0 spiro atoms. The topological polar surface area (TPSA) is 74.7 Å². The van der Waals surface area contributed by atoms with Crippen LogP contribution in [0.3, 0.4) is 0 Å². The summed E-state index contributed by atoms with van der Waals surface area (Å²) in [4.78, 5) is 35.4. The zero-order valence-corrected chi connectivity index (χ0v) is 9.02. The molecule has 0 aromatic rings. The number of hydrogen-bond acceptors (Lipinski definition) is 3. The summed E-state index contributed by atoms with van der Waals surface area (Å²) < 4.78 is 0. The highest BCUT2D eigenvalue weighted by Crippen LogP contribution is 2.30. The first kappa shape index (κ1) is 11.1. The summed E-state index contributed by atoms with van der Waals surface area (Å²) in [5, 5.41) is 8.79. The number of rotatable bonds is 2. The van der Waals surface area contributed by atoms with Crippen molar-refractivity contribution >= 4 is 17.8 Å². The lowest BCUT2D eigenvalue weighted by Gasteiger charge is -2.34. The molecule has 2 aliphatic rings. The zero-order valence-electron chi connectivity index (χ0n) is 9.02. The number of carboxylic acid groups (broad SMARTS) is 1. The predicted molar refractivity (Wildman–Crippen MR) is 54.4 cm³/mol. The molecule has 0 aromatic carbocycles. The Morgan fingerprint density at radius 1 is 1.19 bits per heavy atom. The molecule has 1 unspecified atom stereocenters. The number of nitrogens with zero attached hydrogens (tertiary/aromatic N) is 1. The molecule has 1 aliphatic heterocycles. The van der Waals surface area contributed by atoms with Gasteiger partial charge in [-0.1, -0.05) is 6.42 Å². The highest BCUT2D eigenvalue weighted by atomic mass is 16.4. The van der Waals surface area contributed by atoms with Gasteiger partial charge in [-0.2, -0.15) is 0 Å². The second-order valence-corrected chi connectivity index (χ2v) is 4.54. The summed E-state index contributed by atoms with van der Waals surface area (Å²) in [6.07, 6.45) is 3.14. The number of imide groups is 1. The summed E-state index contributed by atoms with van der Waals surface area (Å²) in [7, 11) is 0. The first-order valence-corrected chi connectivity index (χ1v) is 5.66. The van der Waals surface area contributed by atoms with Crippen molar-refractivity contribution in [2.24, 2.45) is 11.8 Å². The van der Waals surface area contributed by atoms with Gasteiger partial charge in [0, 0.05) is 18.9 Å². The number of likely N-dealkylation sites (tertiary alicyclic amines) is 1. The Labute approximate surface area is 93.4 Å². The Hall–Kier alpha value is -1.39. The number of piperidine rings is 1. The van der Waals surface area contributed by atoms with Crippen LogP contribution < -0.4 is 0 Å². The largest absolute Gasteiger partial charge is 0.481 e. The molecular weight excluding hydrogens is 210 g/mol. The SMILES string of the molecule is O=C(O)C1CCN(C(=O)C2CCC2)C(=O)C1. The van der Waals surface area contributed by atoms with Crippen LogP contribution in [0.25, 0.3) is 0 Å². The highest BCUT2D eigenvalue weighted by Gasteiger charge is 2.37. The minimum Gasteiger partial charge on any atom is -0.481 e. The monoisotopic (exact) mass is 225 g/mol. The number of hydrogen-bond donors (Lipinski definition) is 1. The number of carbonyl (C=O) groups excluding carboxylic acids is 2. The fraction of sp³-hybridized carbons (Fsp3) is 0.727. The van der Waals surface area contributed by atoms with Crippen LogP contribution in [-0.4, -0.2) is 34.3 Å². The van der Waals surface area contributed by atoms with Crippen molar-refractivity contribution in [2.75, 3.05) is 6.54 Å². The van der Waals surface area contributed by atoms with Gasteiger partial charge in [-0.15, -0.1) is 0 Å². The van der Waals surface area contributed by atoms with Crippen molar-refractivity contribution in [1.29, 1.82) is 0 Å². The number of carboxylic acids is 1. The van der Waals surface area contributed by atoms with Gasteiger partial charge in [0.25, 0.3) is 0 Å². The van der Waals surface area contributed by atoms with Gasteiger partial charge in [-0.05, 0) is 19.3 Å². The van der Waals surface area contributed by atoms with Crippen molar-refractivity contribution in [3.05, 3.63) is 0 Å². The van der Waals surface area contributed by atoms with E-state index in [1.807, 2.05) is 0 Å². The quantitative estimate of drug-likeness (QED) is 0.700. The second-order valence-electron chi connectivity index (χ2n) is 4.54. The van der Waals surface area contributed by atoms with Crippen molar-refractivity contribution in [2.45, 2.75) is 32.1 Å². The smallest absolute Gasteiger partial charge is 0.307 e. The van der Waals surface area contributed by atoms with Gasteiger partial charge in [0.1, 0.15) is 0 Å². The van der Waals surface area contributed by atoms with E-state index in [2.05, 4.69) is 0 Å². The molecule has 1 saturated carbocycles. The second kappa shape index (κ2) is 4.23. The minimum absolute atomic E-state index is 0.00493. The Morgan fingerprint density at radius 3 is 2.31 bits per heavy atom. The Morgan fingerprint density at radius 2 is 1.88 bits per heavy atom. The van der Waals surface area contributed by atoms with Gasteiger partial charge >= 0.3 is 5.97 Å². The van der Waals surface area contributed by atoms with Crippen LogP contribution in [0.5, 0.6) is 0 Å². The summed E-state index contributed by atoms with van der Waals surface area (Å²) in [5.74, 6) is -1.97. The fourth-order valence-electron chi connectivity index (χ4n) is 2.15. The van der Waals surface area contributed by atoms with Crippen molar-refractivity contribution in [1.82, 2.24) is 4.90 Å². The molecule has 1 saturated heterocycles. The van der Waals surface area contributed by atoms with Crippen molar-refractivity contribution in [3.63, 3.8) is 0 Å². The van der Waals surface area contributed by atoms with Crippen LogP contribution in [0.1, 0.15) is 32.1 Å². The van der Waals surface area contributed by atoms with E-state index in [4.69, 9.17) is 5.11 Å². The van der Waals surface area contributed by atoms with E-state index < -0.39 is 11.9 Å². The third-order valence-electron chi connectivity index (χ3n) is 3.49. The van der Waals surface area contributed by atoms with Crippen molar-refractivity contribution < 1.29 is 19.5 Å². The Kier molecular flexibility index (Phi) is 2.94. The average molecular weight is 225 g/mol. The lowest BCUT2D eigenvalue weighted by Crippen LogP contribution is -2.48. The van der Waals surface area contributed by atoms with E-state index in [1.165, 1.54) is 4.90 Å². The lowest BCUT2D eigenvalue weighted by atomic mass is 9.83.